The average molecular weight is 204 g/mol. The third-order valence-corrected chi connectivity index (χ3v) is 3.76. The first-order valence-corrected chi connectivity index (χ1v) is 5.90. The maximum absolute atomic E-state index is 11.0. The first-order chi connectivity index (χ1) is 5.99. The van der Waals surface area contributed by atoms with Crippen LogP contribution >= 0.6 is 0 Å². The van der Waals surface area contributed by atoms with Gasteiger partial charge in [0.25, 0.3) is 0 Å². The predicted molar refractivity (Wildman–Crippen MR) is 48.2 cm³/mol. The van der Waals surface area contributed by atoms with E-state index in [-0.39, 0.29) is 23.8 Å². The molecule has 1 fully saturated rings. The van der Waals surface area contributed by atoms with Crippen LogP contribution in [0.25, 0.3) is 0 Å². The summed E-state index contributed by atoms with van der Waals surface area (Å²) >= 11 is 0. The number of sulfone groups is 1. The fraction of sp³-hybridized carbons (Fsp3) is 0.625. The van der Waals surface area contributed by atoms with E-state index in [1.54, 1.807) is 6.08 Å². The van der Waals surface area contributed by atoms with Gasteiger partial charge in [-0.1, -0.05) is 12.2 Å². The Hall–Kier alpha value is -0.840. The molecule has 1 unspecified atom stereocenters. The zero-order chi connectivity index (χ0) is 9.90. The van der Waals surface area contributed by atoms with Crippen LogP contribution in [0.15, 0.2) is 12.2 Å². The second-order valence-corrected chi connectivity index (χ2v) is 5.42. The third-order valence-electron chi connectivity index (χ3n) is 1.97. The summed E-state index contributed by atoms with van der Waals surface area (Å²) in [7, 11) is -2.84. The van der Waals surface area contributed by atoms with Crippen LogP contribution in [0.2, 0.25) is 0 Å². The van der Waals surface area contributed by atoms with E-state index >= 15 is 0 Å². The summed E-state index contributed by atoms with van der Waals surface area (Å²) in [6.45, 7) is 0. The molecule has 0 bridgehead atoms. The van der Waals surface area contributed by atoms with Gasteiger partial charge in [-0.15, -0.1) is 0 Å². The summed E-state index contributed by atoms with van der Waals surface area (Å²) in [6.07, 6.45) is 3.81. The van der Waals surface area contributed by atoms with Crippen molar-refractivity contribution in [2.75, 3.05) is 11.5 Å². The van der Waals surface area contributed by atoms with Crippen LogP contribution in [0.4, 0.5) is 0 Å². The summed E-state index contributed by atoms with van der Waals surface area (Å²) in [5.74, 6) is -0.473. The van der Waals surface area contributed by atoms with E-state index in [0.29, 0.717) is 6.42 Å². The molecule has 1 atom stereocenters. The Labute approximate surface area is 77.2 Å². The lowest BCUT2D eigenvalue weighted by Crippen LogP contribution is -2.02. The lowest BCUT2D eigenvalue weighted by atomic mass is 10.1. The Bertz CT molecular complexity index is 315. The molecule has 0 radical (unpaired) electrons. The van der Waals surface area contributed by atoms with Crippen LogP contribution in [0.3, 0.4) is 0 Å². The lowest BCUT2D eigenvalue weighted by molar-refractivity contribution is -0.136. The zero-order valence-corrected chi connectivity index (χ0v) is 7.96. The van der Waals surface area contributed by atoms with E-state index < -0.39 is 15.8 Å². The quantitative estimate of drug-likeness (QED) is 0.677. The number of carboxylic acids is 1. The topological polar surface area (TPSA) is 71.4 Å². The normalized spacial score (nSPS) is 26.6. The summed E-state index contributed by atoms with van der Waals surface area (Å²) in [5, 5.41) is 8.32. The number of hydrogen-bond donors (Lipinski definition) is 1. The number of rotatable bonds is 3. The van der Waals surface area contributed by atoms with Crippen molar-refractivity contribution < 1.29 is 18.3 Å². The number of allylic oxidation sites excluding steroid dienone is 1. The standard InChI is InChI=1S/C8H12O4S/c9-8(10)3-1-2-7-4-5-13(11,12)6-7/h1-2,7H,3-6H2,(H,9,10)/b2-1-. The van der Waals surface area contributed by atoms with Crippen molar-refractivity contribution in [3.8, 4) is 0 Å². The van der Waals surface area contributed by atoms with E-state index in [1.807, 2.05) is 0 Å². The monoisotopic (exact) mass is 204 g/mol. The second-order valence-electron chi connectivity index (χ2n) is 3.19. The largest absolute Gasteiger partial charge is 0.481 e. The van der Waals surface area contributed by atoms with Crippen molar-refractivity contribution in [2.24, 2.45) is 5.92 Å². The van der Waals surface area contributed by atoms with Gasteiger partial charge in [0.15, 0.2) is 9.84 Å². The Balaban J connectivity index is 2.40. The van der Waals surface area contributed by atoms with E-state index in [4.69, 9.17) is 5.11 Å². The summed E-state index contributed by atoms with van der Waals surface area (Å²) < 4.78 is 22.0. The first kappa shape index (κ1) is 10.2. The number of carboxylic acid groups (broad SMARTS) is 1. The molecule has 0 aromatic rings. The van der Waals surface area contributed by atoms with Gasteiger partial charge < -0.3 is 5.11 Å². The van der Waals surface area contributed by atoms with Gasteiger partial charge in [-0.25, -0.2) is 8.42 Å². The summed E-state index contributed by atoms with van der Waals surface area (Å²) in [4.78, 5) is 10.1. The van der Waals surface area contributed by atoms with E-state index in [2.05, 4.69) is 0 Å². The van der Waals surface area contributed by atoms with Crippen molar-refractivity contribution in [2.45, 2.75) is 12.8 Å². The van der Waals surface area contributed by atoms with Crippen LogP contribution in [0, 0.1) is 5.92 Å². The fourth-order valence-corrected chi connectivity index (χ4v) is 3.10. The van der Waals surface area contributed by atoms with E-state index in [1.165, 1.54) is 6.08 Å². The highest BCUT2D eigenvalue weighted by atomic mass is 32.2. The molecule has 1 aliphatic rings. The number of hydrogen-bond acceptors (Lipinski definition) is 3. The van der Waals surface area contributed by atoms with Gasteiger partial charge >= 0.3 is 5.97 Å². The van der Waals surface area contributed by atoms with Crippen molar-refractivity contribution in [1.29, 1.82) is 0 Å². The molecule has 0 aromatic carbocycles. The Morgan fingerprint density at radius 2 is 2.23 bits per heavy atom. The van der Waals surface area contributed by atoms with Gasteiger partial charge in [0.2, 0.25) is 0 Å². The molecule has 0 aromatic heterocycles. The molecule has 1 rings (SSSR count). The van der Waals surface area contributed by atoms with Crippen LogP contribution in [0.5, 0.6) is 0 Å². The predicted octanol–water partition coefficient (Wildman–Crippen LogP) is 0.452. The fourth-order valence-electron chi connectivity index (χ4n) is 1.34. The van der Waals surface area contributed by atoms with Gasteiger partial charge in [-0.2, -0.15) is 0 Å². The zero-order valence-electron chi connectivity index (χ0n) is 7.14. The maximum atomic E-state index is 11.0. The molecule has 1 saturated heterocycles. The molecule has 5 heteroatoms. The van der Waals surface area contributed by atoms with Crippen molar-refractivity contribution in [1.82, 2.24) is 0 Å². The molecule has 0 amide bonds. The van der Waals surface area contributed by atoms with Crippen LogP contribution in [-0.4, -0.2) is 31.0 Å². The van der Waals surface area contributed by atoms with Crippen LogP contribution in [0.1, 0.15) is 12.8 Å². The molecule has 0 saturated carbocycles. The molecule has 4 nitrogen and oxygen atoms in total. The van der Waals surface area contributed by atoms with Gasteiger partial charge in [-0.05, 0) is 12.3 Å². The average Bonchev–Trinajstić information content (AvgIpc) is 2.29. The summed E-state index contributed by atoms with van der Waals surface area (Å²) in [5.41, 5.74) is 0. The van der Waals surface area contributed by atoms with E-state index in [9.17, 15) is 13.2 Å². The highest BCUT2D eigenvalue weighted by Gasteiger charge is 2.25. The summed E-state index contributed by atoms with van der Waals surface area (Å²) in [6, 6.07) is 0. The van der Waals surface area contributed by atoms with Crippen LogP contribution < -0.4 is 0 Å². The molecular formula is C8H12O4S. The molecule has 1 aliphatic heterocycles. The SMILES string of the molecule is O=C(O)C/C=C\C1CCS(=O)(=O)C1. The number of carbonyl (C=O) groups is 1. The molecule has 1 heterocycles. The van der Waals surface area contributed by atoms with Gasteiger partial charge in [-0.3, -0.25) is 4.79 Å². The molecule has 1 N–H and O–H groups in total. The first-order valence-electron chi connectivity index (χ1n) is 4.08. The second kappa shape index (κ2) is 3.91. The molecule has 0 spiro atoms. The highest BCUT2D eigenvalue weighted by molar-refractivity contribution is 7.91. The van der Waals surface area contributed by atoms with Crippen molar-refractivity contribution in [3.63, 3.8) is 0 Å². The van der Waals surface area contributed by atoms with Gasteiger partial charge in [0, 0.05) is 0 Å². The van der Waals surface area contributed by atoms with Gasteiger partial charge in [0.1, 0.15) is 0 Å². The van der Waals surface area contributed by atoms with Gasteiger partial charge in [0.05, 0.1) is 17.9 Å². The van der Waals surface area contributed by atoms with E-state index in [0.717, 1.165) is 0 Å². The Kier molecular flexibility index (Phi) is 3.08. The molecule has 0 aliphatic carbocycles. The molecular weight excluding hydrogens is 192 g/mol. The highest BCUT2D eigenvalue weighted by Crippen LogP contribution is 2.19. The van der Waals surface area contributed by atoms with Crippen LogP contribution in [-0.2, 0) is 14.6 Å². The number of aliphatic carboxylic acids is 1. The molecule has 74 valence electrons. The smallest absolute Gasteiger partial charge is 0.307 e. The Morgan fingerprint density at radius 3 is 2.69 bits per heavy atom. The lowest BCUT2D eigenvalue weighted by Gasteiger charge is -1.96. The third kappa shape index (κ3) is 3.59. The Morgan fingerprint density at radius 1 is 1.54 bits per heavy atom. The van der Waals surface area contributed by atoms with Crippen molar-refractivity contribution >= 4 is 15.8 Å². The minimum Gasteiger partial charge on any atom is -0.481 e. The minimum absolute atomic E-state index is 0.0179. The minimum atomic E-state index is -2.84. The maximum Gasteiger partial charge on any atom is 0.307 e. The van der Waals surface area contributed by atoms with Crippen molar-refractivity contribution in [3.05, 3.63) is 12.2 Å². The molecule has 13 heavy (non-hydrogen) atoms.